The Hall–Kier alpha value is -1.39. The van der Waals surface area contributed by atoms with E-state index >= 15 is 0 Å². The highest BCUT2D eigenvalue weighted by Crippen LogP contribution is 2.24. The van der Waals surface area contributed by atoms with E-state index in [0.717, 1.165) is 45.0 Å². The van der Waals surface area contributed by atoms with E-state index in [-0.39, 0.29) is 11.3 Å². The molecule has 0 atom stereocenters. The number of ether oxygens (including phenoxy) is 1. The molecule has 1 aliphatic rings. The highest BCUT2D eigenvalue weighted by atomic mass is 16.5. The van der Waals surface area contributed by atoms with Crippen molar-refractivity contribution in [2.24, 2.45) is 0 Å². The Labute approximate surface area is 133 Å². The fourth-order valence-electron chi connectivity index (χ4n) is 2.57. The van der Waals surface area contributed by atoms with Gasteiger partial charge in [-0.3, -0.25) is 9.69 Å². The molecule has 0 aliphatic carbocycles. The molecule has 4 nitrogen and oxygen atoms in total. The highest BCUT2D eigenvalue weighted by molar-refractivity contribution is 5.90. The van der Waals surface area contributed by atoms with E-state index < -0.39 is 0 Å². The van der Waals surface area contributed by atoms with Gasteiger partial charge < -0.3 is 10.1 Å². The lowest BCUT2D eigenvalue weighted by atomic mass is 9.87. The highest BCUT2D eigenvalue weighted by Gasteiger charge is 2.14. The van der Waals surface area contributed by atoms with Gasteiger partial charge in [0.2, 0.25) is 5.91 Å². The minimum absolute atomic E-state index is 0.0943. The van der Waals surface area contributed by atoms with Crippen LogP contribution in [0.15, 0.2) is 24.3 Å². The first-order valence-electron chi connectivity index (χ1n) is 8.16. The van der Waals surface area contributed by atoms with Crippen molar-refractivity contribution in [2.75, 3.05) is 38.2 Å². The number of morpholine rings is 1. The second-order valence-electron chi connectivity index (χ2n) is 6.94. The summed E-state index contributed by atoms with van der Waals surface area (Å²) >= 11 is 0. The third-order valence-corrected chi connectivity index (χ3v) is 3.99. The summed E-state index contributed by atoms with van der Waals surface area (Å²) in [5.74, 6) is 0.0966. The number of rotatable bonds is 5. The summed E-state index contributed by atoms with van der Waals surface area (Å²) in [7, 11) is 0. The molecular formula is C18H28N2O2. The average molecular weight is 304 g/mol. The number of amides is 1. The molecule has 0 saturated carbocycles. The molecule has 1 aromatic carbocycles. The van der Waals surface area contributed by atoms with Gasteiger partial charge in [0.25, 0.3) is 0 Å². The van der Waals surface area contributed by atoms with Crippen molar-refractivity contribution in [3.05, 3.63) is 29.8 Å². The lowest BCUT2D eigenvalue weighted by Gasteiger charge is -2.26. The van der Waals surface area contributed by atoms with Gasteiger partial charge in [-0.15, -0.1) is 0 Å². The van der Waals surface area contributed by atoms with E-state index in [1.165, 1.54) is 5.56 Å². The number of nitrogens with one attached hydrogen (secondary N) is 1. The van der Waals surface area contributed by atoms with Crippen LogP contribution in [0.25, 0.3) is 0 Å². The van der Waals surface area contributed by atoms with E-state index in [9.17, 15) is 4.79 Å². The number of carbonyl (C=O) groups is 1. The van der Waals surface area contributed by atoms with Crippen LogP contribution in [0.2, 0.25) is 0 Å². The molecule has 0 radical (unpaired) electrons. The molecule has 122 valence electrons. The number of anilines is 1. The van der Waals surface area contributed by atoms with E-state index in [1.54, 1.807) is 0 Å². The molecule has 4 heteroatoms. The molecule has 1 amide bonds. The monoisotopic (exact) mass is 304 g/mol. The van der Waals surface area contributed by atoms with Gasteiger partial charge in [0.1, 0.15) is 0 Å². The predicted molar refractivity (Wildman–Crippen MR) is 90.3 cm³/mol. The molecule has 0 spiro atoms. The number of benzene rings is 1. The number of hydrogen-bond acceptors (Lipinski definition) is 3. The first-order chi connectivity index (χ1) is 10.4. The molecule has 1 heterocycles. The maximum absolute atomic E-state index is 12.1. The maximum Gasteiger partial charge on any atom is 0.224 e. The second kappa shape index (κ2) is 7.75. The summed E-state index contributed by atoms with van der Waals surface area (Å²) in [5, 5.41) is 3.01. The number of hydrogen-bond donors (Lipinski definition) is 1. The zero-order chi connectivity index (χ0) is 16.0. The molecule has 1 fully saturated rings. The average Bonchev–Trinajstić information content (AvgIpc) is 2.48. The quantitative estimate of drug-likeness (QED) is 0.909. The van der Waals surface area contributed by atoms with Gasteiger partial charge >= 0.3 is 0 Å². The maximum atomic E-state index is 12.1. The molecule has 1 aliphatic heterocycles. The summed E-state index contributed by atoms with van der Waals surface area (Å²) in [6.45, 7) is 11.1. The normalized spacial score (nSPS) is 16.5. The van der Waals surface area contributed by atoms with Gasteiger partial charge in [0, 0.05) is 25.2 Å². The van der Waals surface area contributed by atoms with Crippen LogP contribution < -0.4 is 5.32 Å². The van der Waals surface area contributed by atoms with Crippen LogP contribution in [0.5, 0.6) is 0 Å². The van der Waals surface area contributed by atoms with Crippen LogP contribution in [-0.4, -0.2) is 43.7 Å². The van der Waals surface area contributed by atoms with Crippen LogP contribution in [-0.2, 0) is 14.9 Å². The molecule has 2 rings (SSSR count). The van der Waals surface area contributed by atoms with Gasteiger partial charge in [-0.05, 0) is 36.1 Å². The Kier molecular flexibility index (Phi) is 5.98. The Morgan fingerprint density at radius 1 is 1.27 bits per heavy atom. The number of nitrogens with zero attached hydrogens (tertiary/aromatic N) is 1. The van der Waals surface area contributed by atoms with E-state index in [1.807, 2.05) is 12.1 Å². The van der Waals surface area contributed by atoms with Gasteiger partial charge in [0.05, 0.1) is 13.2 Å². The minimum atomic E-state index is 0.0943. The van der Waals surface area contributed by atoms with Crippen molar-refractivity contribution in [1.29, 1.82) is 0 Å². The summed E-state index contributed by atoms with van der Waals surface area (Å²) in [5.41, 5.74) is 2.22. The molecule has 1 N–H and O–H groups in total. The Morgan fingerprint density at radius 2 is 2.00 bits per heavy atom. The van der Waals surface area contributed by atoms with Crippen molar-refractivity contribution >= 4 is 11.6 Å². The van der Waals surface area contributed by atoms with E-state index in [2.05, 4.69) is 43.1 Å². The molecule has 1 aromatic rings. The standard InChI is InChI=1S/C18H28N2O2/c1-18(2,3)15-6-4-7-16(14-15)19-17(21)8-5-9-20-10-12-22-13-11-20/h4,6-7,14H,5,8-13H2,1-3H3,(H,19,21). The SMILES string of the molecule is CC(C)(C)c1cccc(NC(=O)CCCN2CCOCC2)c1. The first kappa shape index (κ1) is 17.0. The lowest BCUT2D eigenvalue weighted by molar-refractivity contribution is -0.116. The molecule has 22 heavy (non-hydrogen) atoms. The zero-order valence-electron chi connectivity index (χ0n) is 14.0. The van der Waals surface area contributed by atoms with Gasteiger partial charge in [-0.2, -0.15) is 0 Å². The van der Waals surface area contributed by atoms with Gasteiger partial charge in [0.15, 0.2) is 0 Å². The Balaban J connectivity index is 1.77. The zero-order valence-corrected chi connectivity index (χ0v) is 14.0. The Bertz CT molecular complexity index is 488. The third-order valence-electron chi connectivity index (χ3n) is 3.99. The summed E-state index contributed by atoms with van der Waals surface area (Å²) < 4.78 is 5.32. The van der Waals surface area contributed by atoms with E-state index in [4.69, 9.17) is 4.74 Å². The summed E-state index contributed by atoms with van der Waals surface area (Å²) in [6.07, 6.45) is 1.46. The minimum Gasteiger partial charge on any atom is -0.379 e. The molecule has 0 bridgehead atoms. The van der Waals surface area contributed by atoms with Crippen LogP contribution in [0.4, 0.5) is 5.69 Å². The largest absolute Gasteiger partial charge is 0.379 e. The van der Waals surface area contributed by atoms with Gasteiger partial charge in [-0.1, -0.05) is 32.9 Å². The lowest BCUT2D eigenvalue weighted by Crippen LogP contribution is -2.37. The second-order valence-corrected chi connectivity index (χ2v) is 6.94. The van der Waals surface area contributed by atoms with Crippen molar-refractivity contribution in [3.63, 3.8) is 0 Å². The fourth-order valence-corrected chi connectivity index (χ4v) is 2.57. The smallest absolute Gasteiger partial charge is 0.224 e. The third kappa shape index (κ3) is 5.43. The summed E-state index contributed by atoms with van der Waals surface area (Å²) in [6, 6.07) is 8.13. The molecule has 0 unspecified atom stereocenters. The number of carbonyl (C=O) groups excluding carboxylic acids is 1. The first-order valence-corrected chi connectivity index (χ1v) is 8.16. The molecular weight excluding hydrogens is 276 g/mol. The Morgan fingerprint density at radius 3 is 2.68 bits per heavy atom. The van der Waals surface area contributed by atoms with Crippen molar-refractivity contribution in [1.82, 2.24) is 4.90 Å². The predicted octanol–water partition coefficient (Wildman–Crippen LogP) is 3.04. The fraction of sp³-hybridized carbons (Fsp3) is 0.611. The van der Waals surface area contributed by atoms with Crippen LogP contribution in [0.1, 0.15) is 39.2 Å². The van der Waals surface area contributed by atoms with Crippen molar-refractivity contribution in [2.45, 2.75) is 39.0 Å². The van der Waals surface area contributed by atoms with Gasteiger partial charge in [-0.25, -0.2) is 0 Å². The topological polar surface area (TPSA) is 41.6 Å². The van der Waals surface area contributed by atoms with Crippen LogP contribution >= 0.6 is 0 Å². The van der Waals surface area contributed by atoms with Crippen LogP contribution in [0.3, 0.4) is 0 Å². The molecule has 0 aromatic heterocycles. The van der Waals surface area contributed by atoms with E-state index in [0.29, 0.717) is 6.42 Å². The van der Waals surface area contributed by atoms with Crippen molar-refractivity contribution in [3.8, 4) is 0 Å². The van der Waals surface area contributed by atoms with Crippen LogP contribution in [0, 0.1) is 0 Å². The molecule has 1 saturated heterocycles. The summed E-state index contributed by atoms with van der Waals surface area (Å²) in [4.78, 5) is 14.4. The van der Waals surface area contributed by atoms with Crippen molar-refractivity contribution < 1.29 is 9.53 Å².